The van der Waals surface area contributed by atoms with Crippen molar-refractivity contribution in [3.63, 3.8) is 0 Å². The van der Waals surface area contributed by atoms with Crippen LogP contribution in [0.25, 0.3) is 0 Å². The van der Waals surface area contributed by atoms with Crippen molar-refractivity contribution in [1.29, 1.82) is 5.26 Å². The molecule has 1 atom stereocenters. The Morgan fingerprint density at radius 3 is 2.50 bits per heavy atom. The van der Waals surface area contributed by atoms with Crippen LogP contribution in [0.1, 0.15) is 17.5 Å². The Balaban J connectivity index is 3.19. The predicted molar refractivity (Wildman–Crippen MR) is 68.3 cm³/mol. The first-order valence-electron chi connectivity index (χ1n) is 5.79. The molecule has 0 radical (unpaired) electrons. The van der Waals surface area contributed by atoms with Crippen LogP contribution in [-0.4, -0.2) is 31.7 Å². The Bertz CT molecular complexity index is 723. The third-order valence-electron chi connectivity index (χ3n) is 2.64. The summed E-state index contributed by atoms with van der Waals surface area (Å²) in [5, 5.41) is 17.5. The second-order valence-corrected chi connectivity index (χ2v) is 6.11. The van der Waals surface area contributed by atoms with Crippen LogP contribution in [0.4, 0.5) is 13.2 Å². The Labute approximate surface area is 124 Å². The van der Waals surface area contributed by atoms with E-state index in [2.05, 4.69) is 0 Å². The van der Waals surface area contributed by atoms with Gasteiger partial charge in [-0.2, -0.15) is 23.2 Å². The molecule has 10 heteroatoms. The molecule has 1 rings (SSSR count). The standard InChI is InChI=1S/C12H11F3N2O4S/c1-7-2-3-8(6-16)4-10(7)22(20,21)17-9(11(18)19)5-12(13,14)15/h2-4,9,17H,5H2,1H3,(H,18,19). The van der Waals surface area contributed by atoms with Gasteiger partial charge in [0.1, 0.15) is 6.04 Å². The fraction of sp³-hybridized carbons (Fsp3) is 0.333. The van der Waals surface area contributed by atoms with Crippen molar-refractivity contribution >= 4 is 16.0 Å². The van der Waals surface area contributed by atoms with Crippen LogP contribution < -0.4 is 4.72 Å². The van der Waals surface area contributed by atoms with Gasteiger partial charge in [-0.25, -0.2) is 8.42 Å². The van der Waals surface area contributed by atoms with Gasteiger partial charge in [-0.05, 0) is 24.6 Å². The lowest BCUT2D eigenvalue weighted by Crippen LogP contribution is -2.43. The van der Waals surface area contributed by atoms with Crippen LogP contribution in [0.5, 0.6) is 0 Å². The van der Waals surface area contributed by atoms with E-state index in [-0.39, 0.29) is 11.1 Å². The molecule has 0 saturated carbocycles. The van der Waals surface area contributed by atoms with Gasteiger partial charge < -0.3 is 5.11 Å². The maximum absolute atomic E-state index is 12.3. The molecule has 0 aliphatic heterocycles. The molecular formula is C12H11F3N2O4S. The highest BCUT2D eigenvalue weighted by atomic mass is 32.2. The van der Waals surface area contributed by atoms with Gasteiger partial charge in [-0.3, -0.25) is 4.79 Å². The maximum Gasteiger partial charge on any atom is 0.391 e. The number of aliphatic carboxylic acids is 1. The molecule has 2 N–H and O–H groups in total. The molecule has 0 fully saturated rings. The van der Waals surface area contributed by atoms with Crippen LogP contribution >= 0.6 is 0 Å². The normalized spacial score (nSPS) is 13.4. The van der Waals surface area contributed by atoms with Crippen molar-refractivity contribution in [1.82, 2.24) is 4.72 Å². The zero-order valence-corrected chi connectivity index (χ0v) is 12.0. The van der Waals surface area contributed by atoms with Crippen molar-refractivity contribution < 1.29 is 31.5 Å². The smallest absolute Gasteiger partial charge is 0.391 e. The van der Waals surface area contributed by atoms with Crippen molar-refractivity contribution in [3.05, 3.63) is 29.3 Å². The highest BCUT2D eigenvalue weighted by Crippen LogP contribution is 2.23. The first kappa shape index (κ1) is 17.9. The number of sulfonamides is 1. The first-order valence-corrected chi connectivity index (χ1v) is 7.27. The van der Waals surface area contributed by atoms with E-state index in [0.717, 1.165) is 6.07 Å². The highest BCUT2D eigenvalue weighted by molar-refractivity contribution is 7.89. The fourth-order valence-corrected chi connectivity index (χ4v) is 3.08. The molecule has 0 aliphatic carbocycles. The summed E-state index contributed by atoms with van der Waals surface area (Å²) in [6, 6.07) is 2.93. The molecule has 0 bridgehead atoms. The van der Waals surface area contributed by atoms with E-state index in [0.29, 0.717) is 0 Å². The lowest BCUT2D eigenvalue weighted by molar-refractivity contribution is -0.157. The average molecular weight is 336 g/mol. The Morgan fingerprint density at radius 1 is 1.45 bits per heavy atom. The third kappa shape index (κ3) is 4.71. The molecule has 0 spiro atoms. The van der Waals surface area contributed by atoms with Gasteiger partial charge in [0, 0.05) is 0 Å². The lowest BCUT2D eigenvalue weighted by atomic mass is 10.2. The summed E-state index contributed by atoms with van der Waals surface area (Å²) in [5.74, 6) is -1.95. The van der Waals surface area contributed by atoms with E-state index >= 15 is 0 Å². The zero-order valence-electron chi connectivity index (χ0n) is 11.2. The van der Waals surface area contributed by atoms with Crippen LogP contribution in [0.3, 0.4) is 0 Å². The second-order valence-electron chi connectivity index (χ2n) is 4.42. The molecule has 22 heavy (non-hydrogen) atoms. The molecular weight excluding hydrogens is 325 g/mol. The van der Waals surface area contributed by atoms with Crippen LogP contribution in [0, 0.1) is 18.3 Å². The molecule has 0 aromatic heterocycles. The number of benzene rings is 1. The molecule has 0 aliphatic rings. The largest absolute Gasteiger partial charge is 0.480 e. The number of halogens is 3. The molecule has 1 unspecified atom stereocenters. The molecule has 6 nitrogen and oxygen atoms in total. The molecule has 0 amide bonds. The Kier molecular flexibility index (Phi) is 5.16. The van der Waals surface area contributed by atoms with Crippen molar-refractivity contribution in [2.45, 2.75) is 30.5 Å². The number of hydrogen-bond donors (Lipinski definition) is 2. The SMILES string of the molecule is Cc1ccc(C#N)cc1S(=O)(=O)NC(CC(F)(F)F)C(=O)O. The molecule has 1 aromatic rings. The number of hydrogen-bond acceptors (Lipinski definition) is 4. The third-order valence-corrected chi connectivity index (χ3v) is 4.25. The minimum Gasteiger partial charge on any atom is -0.480 e. The van der Waals surface area contributed by atoms with Gasteiger partial charge in [0.15, 0.2) is 0 Å². The Morgan fingerprint density at radius 2 is 2.05 bits per heavy atom. The van der Waals surface area contributed by atoms with Crippen molar-refractivity contribution in [3.8, 4) is 6.07 Å². The number of nitrogens with one attached hydrogen (secondary N) is 1. The summed E-state index contributed by atoms with van der Waals surface area (Å²) in [7, 11) is -4.52. The van der Waals surface area contributed by atoms with E-state index in [9.17, 15) is 26.4 Å². The summed E-state index contributed by atoms with van der Waals surface area (Å²) in [5.41, 5.74) is 0.149. The van der Waals surface area contributed by atoms with E-state index < -0.39 is 39.5 Å². The maximum atomic E-state index is 12.3. The van der Waals surface area contributed by atoms with Gasteiger partial charge in [-0.15, -0.1) is 0 Å². The summed E-state index contributed by atoms with van der Waals surface area (Å²) in [6.45, 7) is 1.37. The van der Waals surface area contributed by atoms with Gasteiger partial charge in [0.05, 0.1) is 22.9 Å². The zero-order chi connectivity index (χ0) is 17.1. The van der Waals surface area contributed by atoms with Crippen molar-refractivity contribution in [2.75, 3.05) is 0 Å². The van der Waals surface area contributed by atoms with Gasteiger partial charge in [0.2, 0.25) is 10.0 Å². The van der Waals surface area contributed by atoms with Crippen molar-refractivity contribution in [2.24, 2.45) is 0 Å². The number of carboxylic acids is 1. The summed E-state index contributed by atoms with van der Waals surface area (Å²) < 4.78 is 62.5. The van der Waals surface area contributed by atoms with E-state index in [1.165, 1.54) is 23.8 Å². The molecule has 120 valence electrons. The molecule has 1 aromatic carbocycles. The molecule has 0 heterocycles. The number of alkyl halides is 3. The number of carboxylic acid groups (broad SMARTS) is 1. The fourth-order valence-electron chi connectivity index (χ4n) is 1.62. The summed E-state index contributed by atoms with van der Waals surface area (Å²) in [6.07, 6.45) is -6.70. The molecule has 0 saturated heterocycles. The van der Waals surface area contributed by atoms with E-state index in [1.807, 2.05) is 0 Å². The van der Waals surface area contributed by atoms with Crippen LogP contribution in [-0.2, 0) is 14.8 Å². The number of carbonyl (C=O) groups is 1. The number of nitriles is 1. The first-order chi connectivity index (χ1) is 9.96. The Hall–Kier alpha value is -2.12. The number of rotatable bonds is 5. The quantitative estimate of drug-likeness (QED) is 0.848. The van der Waals surface area contributed by atoms with Gasteiger partial charge in [-0.1, -0.05) is 6.07 Å². The van der Waals surface area contributed by atoms with Crippen LogP contribution in [0.15, 0.2) is 23.1 Å². The van der Waals surface area contributed by atoms with E-state index in [1.54, 1.807) is 6.07 Å². The monoisotopic (exact) mass is 336 g/mol. The van der Waals surface area contributed by atoms with E-state index in [4.69, 9.17) is 10.4 Å². The number of aryl methyl sites for hydroxylation is 1. The topological polar surface area (TPSA) is 107 Å². The van der Waals surface area contributed by atoms with Crippen LogP contribution in [0.2, 0.25) is 0 Å². The average Bonchev–Trinajstić information content (AvgIpc) is 2.36. The summed E-state index contributed by atoms with van der Waals surface area (Å²) in [4.78, 5) is 10.4. The predicted octanol–water partition coefficient (Wildman–Crippen LogP) is 1.55. The number of nitrogens with zero attached hydrogens (tertiary/aromatic N) is 1. The second kappa shape index (κ2) is 6.33. The minimum absolute atomic E-state index is 0.0197. The lowest BCUT2D eigenvalue weighted by Gasteiger charge is -2.17. The van der Waals surface area contributed by atoms with Gasteiger partial charge >= 0.3 is 12.1 Å². The summed E-state index contributed by atoms with van der Waals surface area (Å²) >= 11 is 0. The minimum atomic E-state index is -4.85. The van der Waals surface area contributed by atoms with Gasteiger partial charge in [0.25, 0.3) is 0 Å². The highest BCUT2D eigenvalue weighted by Gasteiger charge is 2.38.